The molecule has 0 saturated heterocycles. The van der Waals surface area contributed by atoms with Gasteiger partial charge in [0.2, 0.25) is 5.95 Å². The highest BCUT2D eigenvalue weighted by Gasteiger charge is 2.36. The van der Waals surface area contributed by atoms with Crippen LogP contribution in [0.15, 0.2) is 6.08 Å². The van der Waals surface area contributed by atoms with Gasteiger partial charge in [-0.05, 0) is 45.7 Å². The lowest BCUT2D eigenvalue weighted by atomic mass is 9.95. The highest BCUT2D eigenvalue weighted by atomic mass is 19.4. The van der Waals surface area contributed by atoms with E-state index < -0.39 is 12.2 Å². The molecule has 1 aromatic heterocycles. The van der Waals surface area contributed by atoms with Crippen LogP contribution in [0.3, 0.4) is 0 Å². The minimum absolute atomic E-state index is 0.0418. The molecule has 0 radical (unpaired) electrons. The zero-order valence-electron chi connectivity index (χ0n) is 12.8. The maximum atomic E-state index is 12.6. The van der Waals surface area contributed by atoms with Crippen LogP contribution in [0.4, 0.5) is 19.1 Å². The van der Waals surface area contributed by atoms with Crippen LogP contribution in [0.5, 0.6) is 0 Å². The van der Waals surface area contributed by atoms with Crippen molar-refractivity contribution in [3.05, 3.63) is 17.7 Å². The van der Waals surface area contributed by atoms with Gasteiger partial charge in [-0.1, -0.05) is 6.08 Å². The van der Waals surface area contributed by atoms with Crippen molar-refractivity contribution in [2.75, 3.05) is 12.4 Å². The molecule has 22 heavy (non-hydrogen) atoms. The van der Waals surface area contributed by atoms with E-state index in [0.29, 0.717) is 11.6 Å². The molecule has 0 aromatic carbocycles. The van der Waals surface area contributed by atoms with Crippen LogP contribution in [-0.4, -0.2) is 40.3 Å². The topological polar surface area (TPSA) is 62.7 Å². The van der Waals surface area contributed by atoms with Crippen molar-refractivity contribution in [1.29, 1.82) is 0 Å². The number of rotatable bonds is 4. The molecule has 2 N–H and O–H groups in total. The van der Waals surface area contributed by atoms with Gasteiger partial charge < -0.3 is 10.6 Å². The molecule has 122 valence electrons. The molecule has 0 fully saturated rings. The number of alkyl halides is 3. The van der Waals surface area contributed by atoms with Crippen molar-refractivity contribution in [3.63, 3.8) is 0 Å². The highest BCUT2D eigenvalue weighted by Crippen LogP contribution is 2.26. The average molecular weight is 315 g/mol. The fourth-order valence-electron chi connectivity index (χ4n) is 2.30. The Hall–Kier alpha value is -1.70. The van der Waals surface area contributed by atoms with E-state index in [1.807, 2.05) is 13.1 Å². The van der Waals surface area contributed by atoms with E-state index in [0.717, 1.165) is 31.8 Å². The fourth-order valence-corrected chi connectivity index (χ4v) is 2.30. The molecule has 1 aromatic rings. The molecule has 0 bridgehead atoms. The summed E-state index contributed by atoms with van der Waals surface area (Å²) in [5, 5.41) is 5.47. The summed E-state index contributed by atoms with van der Waals surface area (Å²) in [4.78, 5) is 12.4. The second-order valence-electron chi connectivity index (χ2n) is 5.42. The minimum atomic E-state index is -4.35. The summed E-state index contributed by atoms with van der Waals surface area (Å²) < 4.78 is 37.9. The highest BCUT2D eigenvalue weighted by molar-refractivity contribution is 5.62. The van der Waals surface area contributed by atoms with Gasteiger partial charge in [-0.15, -0.1) is 0 Å². The maximum Gasteiger partial charge on any atom is 0.408 e. The SMILES string of the molecule is CNC1C=C(c2nc(C)nc(N[C@H](C)C(F)(F)F)n2)CCC1. The molecule has 0 spiro atoms. The van der Waals surface area contributed by atoms with Crippen molar-refractivity contribution in [2.24, 2.45) is 0 Å². The third-order valence-electron chi connectivity index (χ3n) is 3.61. The Labute approximate surface area is 127 Å². The van der Waals surface area contributed by atoms with E-state index in [1.54, 1.807) is 6.92 Å². The van der Waals surface area contributed by atoms with Crippen molar-refractivity contribution < 1.29 is 13.2 Å². The first-order valence-corrected chi connectivity index (χ1v) is 7.24. The Morgan fingerprint density at radius 1 is 1.27 bits per heavy atom. The maximum absolute atomic E-state index is 12.6. The van der Waals surface area contributed by atoms with E-state index >= 15 is 0 Å². The lowest BCUT2D eigenvalue weighted by Crippen LogP contribution is -2.34. The molecule has 1 aliphatic rings. The summed E-state index contributed by atoms with van der Waals surface area (Å²) in [6, 6.07) is -1.47. The first-order valence-electron chi connectivity index (χ1n) is 7.24. The lowest BCUT2D eigenvalue weighted by molar-refractivity contribution is -0.138. The van der Waals surface area contributed by atoms with Crippen LogP contribution >= 0.6 is 0 Å². The number of hydrogen-bond acceptors (Lipinski definition) is 5. The number of hydrogen-bond donors (Lipinski definition) is 2. The number of anilines is 1. The molecule has 0 amide bonds. The standard InChI is InChI=1S/C14H20F3N5/c1-8(14(15,16)17)19-13-21-9(2)20-12(22-13)10-5-4-6-11(7-10)18-3/h7-8,11,18H,4-6H2,1-3H3,(H,19,20,21,22)/t8-,11?/m1/s1. The summed E-state index contributed by atoms with van der Waals surface area (Å²) in [6.07, 6.45) is 0.525. The smallest absolute Gasteiger partial charge is 0.343 e. The normalized spacial score (nSPS) is 20.5. The Kier molecular flexibility index (Phi) is 5.00. The number of aryl methyl sites for hydroxylation is 1. The summed E-state index contributed by atoms with van der Waals surface area (Å²) in [5.41, 5.74) is 0.943. The van der Waals surface area contributed by atoms with Gasteiger partial charge in [0, 0.05) is 6.04 Å². The molecule has 5 nitrogen and oxygen atoms in total. The van der Waals surface area contributed by atoms with Gasteiger partial charge in [0.15, 0.2) is 5.82 Å². The van der Waals surface area contributed by atoms with Crippen molar-refractivity contribution in [2.45, 2.75) is 51.4 Å². The van der Waals surface area contributed by atoms with E-state index in [-0.39, 0.29) is 12.0 Å². The van der Waals surface area contributed by atoms with E-state index in [1.165, 1.54) is 0 Å². The zero-order valence-corrected chi connectivity index (χ0v) is 12.8. The van der Waals surface area contributed by atoms with Crippen LogP contribution in [0.1, 0.15) is 37.8 Å². The first kappa shape index (κ1) is 16.7. The fraction of sp³-hybridized carbons (Fsp3) is 0.643. The molecule has 1 unspecified atom stereocenters. The number of nitrogens with zero attached hydrogens (tertiary/aromatic N) is 3. The van der Waals surface area contributed by atoms with Crippen molar-refractivity contribution in [3.8, 4) is 0 Å². The molecule has 2 atom stereocenters. The number of halogens is 3. The largest absolute Gasteiger partial charge is 0.408 e. The Balaban J connectivity index is 2.25. The third kappa shape index (κ3) is 4.16. The summed E-state index contributed by atoms with van der Waals surface area (Å²) >= 11 is 0. The van der Waals surface area contributed by atoms with Crippen LogP contribution in [0, 0.1) is 6.92 Å². The molecule has 0 aliphatic heterocycles. The van der Waals surface area contributed by atoms with Gasteiger partial charge in [-0.25, -0.2) is 4.98 Å². The van der Waals surface area contributed by atoms with Gasteiger partial charge in [0.05, 0.1) is 0 Å². The number of aromatic nitrogens is 3. The second kappa shape index (κ2) is 6.60. The minimum Gasteiger partial charge on any atom is -0.343 e. The second-order valence-corrected chi connectivity index (χ2v) is 5.42. The average Bonchev–Trinajstić information content (AvgIpc) is 2.45. The molecular weight excluding hydrogens is 295 g/mol. The predicted octanol–water partition coefficient (Wildman–Crippen LogP) is 2.70. The van der Waals surface area contributed by atoms with Gasteiger partial charge >= 0.3 is 6.18 Å². The molecule has 0 saturated carbocycles. The van der Waals surface area contributed by atoms with Gasteiger partial charge in [-0.3, -0.25) is 0 Å². The predicted molar refractivity (Wildman–Crippen MR) is 78.4 cm³/mol. The molecule has 1 heterocycles. The zero-order chi connectivity index (χ0) is 16.3. The third-order valence-corrected chi connectivity index (χ3v) is 3.61. The van der Waals surface area contributed by atoms with E-state index in [4.69, 9.17) is 0 Å². The van der Waals surface area contributed by atoms with Crippen molar-refractivity contribution >= 4 is 11.5 Å². The van der Waals surface area contributed by atoms with Crippen LogP contribution in [0.2, 0.25) is 0 Å². The summed E-state index contributed by atoms with van der Waals surface area (Å²) in [6.45, 7) is 2.68. The number of likely N-dealkylation sites (N-methyl/N-ethyl adjacent to an activating group) is 1. The summed E-state index contributed by atoms with van der Waals surface area (Å²) in [7, 11) is 1.88. The monoisotopic (exact) mass is 315 g/mol. The number of allylic oxidation sites excluding steroid dienone is 1. The quantitative estimate of drug-likeness (QED) is 0.894. The Morgan fingerprint density at radius 3 is 2.64 bits per heavy atom. The van der Waals surface area contributed by atoms with Gasteiger partial charge in [0.25, 0.3) is 0 Å². The van der Waals surface area contributed by atoms with Crippen molar-refractivity contribution in [1.82, 2.24) is 20.3 Å². The molecule has 1 aliphatic carbocycles. The summed E-state index contributed by atoms with van der Waals surface area (Å²) in [5.74, 6) is 0.804. The van der Waals surface area contributed by atoms with Gasteiger partial charge in [0.1, 0.15) is 11.9 Å². The molecule has 2 rings (SSSR count). The molecular formula is C14H20F3N5. The van der Waals surface area contributed by atoms with Crippen LogP contribution < -0.4 is 10.6 Å². The number of nitrogens with one attached hydrogen (secondary N) is 2. The van der Waals surface area contributed by atoms with E-state index in [2.05, 4.69) is 25.6 Å². The Morgan fingerprint density at radius 2 is 2.00 bits per heavy atom. The van der Waals surface area contributed by atoms with Crippen LogP contribution in [0.25, 0.3) is 5.57 Å². The first-order chi connectivity index (χ1) is 10.3. The van der Waals surface area contributed by atoms with Gasteiger partial charge in [-0.2, -0.15) is 23.1 Å². The molecule has 8 heteroatoms. The van der Waals surface area contributed by atoms with Crippen LogP contribution in [-0.2, 0) is 0 Å². The van der Waals surface area contributed by atoms with E-state index in [9.17, 15) is 13.2 Å². The Bertz CT molecular complexity index is 556. The lowest BCUT2D eigenvalue weighted by Gasteiger charge is -2.21.